The molecule has 4 aromatic rings. The average Bonchev–Trinajstić information content (AvgIpc) is 3.25. The summed E-state index contributed by atoms with van der Waals surface area (Å²) in [5.74, 6) is 1.70. The Balaban J connectivity index is 1.49. The number of ether oxygens (including phenoxy) is 1. The van der Waals surface area contributed by atoms with Crippen LogP contribution in [0, 0.1) is 6.92 Å². The van der Waals surface area contributed by atoms with Crippen molar-refractivity contribution in [2.75, 3.05) is 7.11 Å². The summed E-state index contributed by atoms with van der Waals surface area (Å²) < 4.78 is 7.43. The summed E-state index contributed by atoms with van der Waals surface area (Å²) in [7, 11) is 0.0751. The molecule has 3 N–H and O–H groups in total. The van der Waals surface area contributed by atoms with Gasteiger partial charge in [-0.15, -0.1) is 10.2 Å². The highest BCUT2D eigenvalue weighted by atomic mass is 35.5. The van der Waals surface area contributed by atoms with E-state index >= 15 is 0 Å². The van der Waals surface area contributed by atoms with E-state index in [1.807, 2.05) is 41.8 Å². The third-order valence-electron chi connectivity index (χ3n) is 6.40. The minimum absolute atomic E-state index is 0.0494. The maximum atomic E-state index is 13.1. The molecule has 0 bridgehead atoms. The SMILES string of the molecule is COc1ccc2c(c1)C(c1ccc(Cl)cc1)=N[C@@H](CC(=O)NCc1ccc(B(O)O)cc1)c1nnc(C)n1-2. The number of carbonyl (C=O) groups is 1. The molecule has 0 fully saturated rings. The van der Waals surface area contributed by atoms with Crippen molar-refractivity contribution >= 4 is 35.8 Å². The van der Waals surface area contributed by atoms with Gasteiger partial charge in [-0.05, 0) is 48.3 Å². The van der Waals surface area contributed by atoms with Crippen molar-refractivity contribution in [3.8, 4) is 11.4 Å². The Morgan fingerprint density at radius 3 is 2.50 bits per heavy atom. The molecule has 5 rings (SSSR count). The third kappa shape index (κ3) is 5.19. The van der Waals surface area contributed by atoms with E-state index in [2.05, 4.69) is 15.5 Å². The first-order chi connectivity index (χ1) is 18.3. The van der Waals surface area contributed by atoms with E-state index < -0.39 is 13.2 Å². The molecule has 0 radical (unpaired) electrons. The van der Waals surface area contributed by atoms with Crippen LogP contribution in [0.15, 0.2) is 71.7 Å². The molecule has 1 amide bonds. The van der Waals surface area contributed by atoms with E-state index in [1.54, 1.807) is 43.5 Å². The number of carbonyl (C=O) groups excluding carboxylic acids is 1. The third-order valence-corrected chi connectivity index (χ3v) is 6.65. The number of nitrogens with zero attached hydrogens (tertiary/aromatic N) is 4. The van der Waals surface area contributed by atoms with E-state index in [0.29, 0.717) is 33.6 Å². The lowest BCUT2D eigenvalue weighted by Crippen LogP contribution is -2.30. The number of halogens is 1. The van der Waals surface area contributed by atoms with Crippen LogP contribution in [-0.2, 0) is 11.3 Å². The summed E-state index contributed by atoms with van der Waals surface area (Å²) in [4.78, 5) is 18.1. The van der Waals surface area contributed by atoms with Crippen LogP contribution >= 0.6 is 11.6 Å². The van der Waals surface area contributed by atoms with Crippen molar-refractivity contribution in [3.05, 3.63) is 100 Å². The first kappa shape index (κ1) is 25.7. The Morgan fingerprint density at radius 2 is 1.82 bits per heavy atom. The van der Waals surface area contributed by atoms with Crippen LogP contribution in [0.1, 0.15) is 40.8 Å². The quantitative estimate of drug-likeness (QED) is 0.316. The van der Waals surface area contributed by atoms with Crippen molar-refractivity contribution < 1.29 is 19.6 Å². The predicted octanol–water partition coefficient (Wildman–Crippen LogP) is 2.52. The number of hydrogen-bond donors (Lipinski definition) is 3. The van der Waals surface area contributed by atoms with Crippen molar-refractivity contribution in [3.63, 3.8) is 0 Å². The average molecular weight is 530 g/mol. The highest BCUT2D eigenvalue weighted by Crippen LogP contribution is 2.34. The normalized spacial score (nSPS) is 14.1. The van der Waals surface area contributed by atoms with E-state index in [1.165, 1.54) is 0 Å². The molecule has 0 saturated carbocycles. The fraction of sp³-hybridized carbons (Fsp3) is 0.185. The Bertz CT molecular complexity index is 1500. The largest absolute Gasteiger partial charge is 0.497 e. The highest BCUT2D eigenvalue weighted by molar-refractivity contribution is 6.58. The number of hydrogen-bond acceptors (Lipinski definition) is 7. The highest BCUT2D eigenvalue weighted by Gasteiger charge is 2.30. The molecule has 2 heterocycles. The summed E-state index contributed by atoms with van der Waals surface area (Å²) in [6.45, 7) is 2.15. The van der Waals surface area contributed by atoms with Crippen LogP contribution in [0.2, 0.25) is 5.02 Å². The summed E-state index contributed by atoms with van der Waals surface area (Å²) in [5.41, 5.74) is 4.41. The zero-order valence-corrected chi connectivity index (χ0v) is 21.6. The second-order valence-electron chi connectivity index (χ2n) is 8.92. The second-order valence-corrected chi connectivity index (χ2v) is 9.36. The molecule has 1 atom stereocenters. The van der Waals surface area contributed by atoms with Gasteiger partial charge in [-0.25, -0.2) is 0 Å². The number of aliphatic imine (C=N–C) groups is 1. The number of fused-ring (bicyclic) bond motifs is 3. The Labute approximate surface area is 224 Å². The van der Waals surface area contributed by atoms with Gasteiger partial charge in [-0.1, -0.05) is 48.0 Å². The first-order valence-electron chi connectivity index (χ1n) is 12.0. The fourth-order valence-corrected chi connectivity index (χ4v) is 4.56. The lowest BCUT2D eigenvalue weighted by molar-refractivity contribution is -0.121. The van der Waals surface area contributed by atoms with E-state index in [-0.39, 0.29) is 18.9 Å². The molecule has 1 aliphatic heterocycles. The number of nitrogens with one attached hydrogen (secondary N) is 1. The van der Waals surface area contributed by atoms with Crippen molar-refractivity contribution in [1.29, 1.82) is 0 Å². The van der Waals surface area contributed by atoms with Crippen LogP contribution in [0.3, 0.4) is 0 Å². The Morgan fingerprint density at radius 1 is 1.08 bits per heavy atom. The number of methoxy groups -OCH3 is 1. The van der Waals surface area contributed by atoms with Gasteiger partial charge in [0.15, 0.2) is 5.82 Å². The van der Waals surface area contributed by atoms with Crippen molar-refractivity contribution in [1.82, 2.24) is 20.1 Å². The van der Waals surface area contributed by atoms with E-state index in [4.69, 9.17) is 21.3 Å². The molecule has 0 spiro atoms. The summed E-state index contributed by atoms with van der Waals surface area (Å²) in [5, 5.41) is 30.8. The summed E-state index contributed by atoms with van der Waals surface area (Å²) >= 11 is 6.15. The van der Waals surface area contributed by atoms with E-state index in [0.717, 1.165) is 22.4 Å². The molecule has 0 saturated heterocycles. The number of benzene rings is 3. The minimum Gasteiger partial charge on any atom is -0.497 e. The van der Waals surface area contributed by atoms with Crippen LogP contribution in [0.4, 0.5) is 0 Å². The molecule has 11 heteroatoms. The lowest BCUT2D eigenvalue weighted by Gasteiger charge is -2.14. The lowest BCUT2D eigenvalue weighted by atomic mass is 9.80. The molecule has 3 aromatic carbocycles. The van der Waals surface area contributed by atoms with Crippen LogP contribution < -0.4 is 15.5 Å². The van der Waals surface area contributed by atoms with Crippen molar-refractivity contribution in [2.45, 2.75) is 25.9 Å². The molecular weight excluding hydrogens is 505 g/mol. The maximum Gasteiger partial charge on any atom is 0.488 e. The molecule has 1 aliphatic rings. The smallest absolute Gasteiger partial charge is 0.488 e. The van der Waals surface area contributed by atoms with Gasteiger partial charge in [0.05, 0.1) is 24.9 Å². The van der Waals surface area contributed by atoms with E-state index in [9.17, 15) is 14.8 Å². The monoisotopic (exact) mass is 529 g/mol. The van der Waals surface area contributed by atoms with Gasteiger partial charge >= 0.3 is 7.12 Å². The van der Waals surface area contributed by atoms with Gasteiger partial charge in [-0.3, -0.25) is 14.4 Å². The summed E-state index contributed by atoms with van der Waals surface area (Å²) in [6.07, 6.45) is 0.0494. The van der Waals surface area contributed by atoms with Gasteiger partial charge in [0.25, 0.3) is 0 Å². The zero-order valence-electron chi connectivity index (χ0n) is 20.8. The molecule has 0 aliphatic carbocycles. The van der Waals surface area contributed by atoms with Gasteiger partial charge in [0.1, 0.15) is 17.6 Å². The predicted molar refractivity (Wildman–Crippen MR) is 145 cm³/mol. The second kappa shape index (κ2) is 10.8. The number of aromatic nitrogens is 3. The van der Waals surface area contributed by atoms with Crippen LogP contribution in [0.25, 0.3) is 5.69 Å². The van der Waals surface area contributed by atoms with Crippen LogP contribution in [-0.4, -0.2) is 50.7 Å². The molecular formula is C27H25BClN5O4. The minimum atomic E-state index is -1.54. The number of rotatable bonds is 7. The molecule has 1 aromatic heterocycles. The molecule has 0 unspecified atom stereocenters. The topological polar surface area (TPSA) is 122 Å². The van der Waals surface area contributed by atoms with Crippen LogP contribution in [0.5, 0.6) is 5.75 Å². The number of aryl methyl sites for hydroxylation is 1. The van der Waals surface area contributed by atoms with Crippen molar-refractivity contribution in [2.24, 2.45) is 4.99 Å². The number of amides is 1. The fourth-order valence-electron chi connectivity index (χ4n) is 4.43. The van der Waals surface area contributed by atoms with Gasteiger partial charge in [-0.2, -0.15) is 0 Å². The molecule has 38 heavy (non-hydrogen) atoms. The van der Waals surface area contributed by atoms with Gasteiger partial charge in [0, 0.05) is 22.7 Å². The maximum absolute atomic E-state index is 13.1. The van der Waals surface area contributed by atoms with Gasteiger partial charge < -0.3 is 20.1 Å². The summed E-state index contributed by atoms with van der Waals surface area (Å²) in [6, 6.07) is 19.2. The first-order valence-corrected chi connectivity index (χ1v) is 12.4. The molecule has 9 nitrogen and oxygen atoms in total. The Hall–Kier alpha value is -3.99. The van der Waals surface area contributed by atoms with Gasteiger partial charge in [0.2, 0.25) is 5.91 Å². The molecule has 192 valence electrons. The Kier molecular flexibility index (Phi) is 7.28. The zero-order chi connectivity index (χ0) is 26.8. The standard InChI is InChI=1S/C27H25BClN5O4/c1-16-32-33-27-23(14-25(35)30-15-17-3-7-19(8-4-17)28(36)37)31-26(18-5-9-20(29)10-6-18)22-13-21(38-2)11-12-24(22)34(16)27/h3-13,23,36-37H,14-15H2,1-2H3,(H,30,35)/t23-/m0/s1.